The highest BCUT2D eigenvalue weighted by Gasteiger charge is 2.70. The Balaban J connectivity index is 1.12. The molecule has 0 radical (unpaired) electrons. The van der Waals surface area contributed by atoms with Crippen molar-refractivity contribution < 1.29 is 81.7 Å². The summed E-state index contributed by atoms with van der Waals surface area (Å²) in [6, 6.07) is 0. The van der Waals surface area contributed by atoms with Gasteiger partial charge in [-0.25, -0.2) is 0 Å². The molecule has 7 heterocycles. The van der Waals surface area contributed by atoms with E-state index in [9.17, 15) is 20.1 Å². The molecular formula is C49H84O17. The first kappa shape index (κ1) is 52.7. The van der Waals surface area contributed by atoms with Crippen LogP contribution in [0.2, 0.25) is 0 Å². The largest absolute Gasteiger partial charge is 0.481 e. The van der Waals surface area contributed by atoms with Crippen LogP contribution in [0.25, 0.3) is 0 Å². The van der Waals surface area contributed by atoms with Gasteiger partial charge in [-0.05, 0) is 66.7 Å². The molecule has 7 saturated heterocycles. The van der Waals surface area contributed by atoms with Crippen molar-refractivity contribution >= 4 is 5.97 Å². The maximum Gasteiger partial charge on any atom is 0.311 e. The number of rotatable bonds is 14. The van der Waals surface area contributed by atoms with Crippen molar-refractivity contribution in [3.63, 3.8) is 0 Å². The van der Waals surface area contributed by atoms with Gasteiger partial charge in [-0.1, -0.05) is 34.6 Å². The highest BCUT2D eigenvalue weighted by atomic mass is 16.8. The summed E-state index contributed by atoms with van der Waals surface area (Å²) in [7, 11) is 8.28. The summed E-state index contributed by atoms with van der Waals surface area (Å²) < 4.78 is 85.1. The van der Waals surface area contributed by atoms with Gasteiger partial charge in [0.05, 0.1) is 79.4 Å². The molecule has 17 heteroatoms. The quantitative estimate of drug-likeness (QED) is 0.205. The average molecular weight is 945 g/mol. The molecule has 7 rings (SSSR count). The third-order valence-corrected chi connectivity index (χ3v) is 17.8. The van der Waals surface area contributed by atoms with Crippen molar-refractivity contribution in [2.24, 2.45) is 35.5 Å². The third kappa shape index (κ3) is 8.96. The van der Waals surface area contributed by atoms with Crippen molar-refractivity contribution in [3.8, 4) is 0 Å². The van der Waals surface area contributed by atoms with E-state index in [0.29, 0.717) is 25.7 Å². The molecule has 382 valence electrons. The molecule has 7 aliphatic heterocycles. The van der Waals surface area contributed by atoms with Crippen LogP contribution in [0.1, 0.15) is 121 Å². The molecule has 0 aromatic carbocycles. The third-order valence-electron chi connectivity index (χ3n) is 17.8. The van der Waals surface area contributed by atoms with Crippen LogP contribution in [-0.4, -0.2) is 171 Å². The van der Waals surface area contributed by atoms with Crippen LogP contribution in [0, 0.1) is 35.5 Å². The van der Waals surface area contributed by atoms with Gasteiger partial charge in [0.15, 0.2) is 23.7 Å². The Kier molecular flexibility index (Phi) is 15.8. The summed E-state index contributed by atoms with van der Waals surface area (Å²) in [6.07, 6.45) is -0.593. The Morgan fingerprint density at radius 2 is 1.32 bits per heavy atom. The Bertz CT molecular complexity index is 1650. The van der Waals surface area contributed by atoms with E-state index in [1.165, 1.54) is 14.0 Å². The van der Waals surface area contributed by atoms with Gasteiger partial charge in [0, 0.05) is 84.4 Å². The monoisotopic (exact) mass is 945 g/mol. The van der Waals surface area contributed by atoms with Crippen molar-refractivity contribution in [3.05, 3.63) is 0 Å². The van der Waals surface area contributed by atoms with E-state index in [1.54, 1.807) is 42.3 Å². The van der Waals surface area contributed by atoms with Gasteiger partial charge < -0.3 is 76.9 Å². The van der Waals surface area contributed by atoms with Gasteiger partial charge in [0.25, 0.3) is 0 Å². The molecule has 66 heavy (non-hydrogen) atoms. The maximum absolute atomic E-state index is 12.6. The summed E-state index contributed by atoms with van der Waals surface area (Å²) in [6.45, 7) is 19.0. The first-order chi connectivity index (χ1) is 31.0. The minimum Gasteiger partial charge on any atom is -0.481 e. The lowest BCUT2D eigenvalue weighted by atomic mass is 9.71. The minimum atomic E-state index is -2.12. The number of aliphatic hydroxyl groups is 2. The number of carboxylic acid groups (broad SMARTS) is 1. The zero-order valence-electron chi connectivity index (χ0n) is 42.3. The van der Waals surface area contributed by atoms with E-state index in [1.807, 2.05) is 20.8 Å². The smallest absolute Gasteiger partial charge is 0.311 e. The number of hydrogen-bond donors (Lipinski definition) is 3. The normalized spacial score (nSPS) is 53.9. The Morgan fingerprint density at radius 3 is 1.92 bits per heavy atom. The van der Waals surface area contributed by atoms with Crippen molar-refractivity contribution in [2.75, 3.05) is 35.5 Å². The highest BCUT2D eigenvalue weighted by Crippen LogP contribution is 2.57. The van der Waals surface area contributed by atoms with E-state index in [2.05, 4.69) is 27.7 Å². The number of carbonyl (C=O) groups is 1. The second-order valence-electron chi connectivity index (χ2n) is 21.5. The van der Waals surface area contributed by atoms with Crippen LogP contribution >= 0.6 is 0 Å². The van der Waals surface area contributed by atoms with E-state index >= 15 is 0 Å². The Hall–Kier alpha value is -1.13. The summed E-state index contributed by atoms with van der Waals surface area (Å²) in [5, 5.41) is 33.7. The van der Waals surface area contributed by atoms with Crippen molar-refractivity contribution in [1.82, 2.24) is 0 Å². The van der Waals surface area contributed by atoms with E-state index in [4.69, 9.17) is 61.6 Å². The predicted molar refractivity (Wildman–Crippen MR) is 237 cm³/mol. The summed E-state index contributed by atoms with van der Waals surface area (Å²) in [4.78, 5) is 12.6. The maximum atomic E-state index is 12.6. The second kappa shape index (κ2) is 19.8. The zero-order valence-corrected chi connectivity index (χ0v) is 42.3. The van der Waals surface area contributed by atoms with Crippen LogP contribution in [0.3, 0.4) is 0 Å². The lowest BCUT2D eigenvalue weighted by Crippen LogP contribution is -2.71. The van der Waals surface area contributed by atoms with Gasteiger partial charge in [-0.3, -0.25) is 4.79 Å². The van der Waals surface area contributed by atoms with Gasteiger partial charge in [-0.15, -0.1) is 0 Å². The van der Waals surface area contributed by atoms with Gasteiger partial charge in [-0.2, -0.15) is 0 Å². The van der Waals surface area contributed by atoms with Crippen LogP contribution in [0.4, 0.5) is 0 Å². The van der Waals surface area contributed by atoms with E-state index < -0.39 is 77.1 Å². The minimum absolute atomic E-state index is 0.0173. The van der Waals surface area contributed by atoms with Crippen molar-refractivity contribution in [1.29, 1.82) is 0 Å². The van der Waals surface area contributed by atoms with Crippen LogP contribution in [0.15, 0.2) is 0 Å². The topological polar surface area (TPSA) is 198 Å². The standard InChI is InChI=1S/C49H84O17/c1-24-40(56-13)26(3)47(10,52)65-41(24)35-17-16-33(60-35)34-18-20-37(61-34)46(9)43(58-15)28(5)49(66-46)25(2)36(55-12)22-31(62-49)23-38-45(8,64-39-21-19-32(54-11)30(7)59-39)42(57-14)27(4)48(53,63-38)29(6)44(50)51/h24-43,52-53H,16-23H2,1-15H3,(H,50,51)/t24-,25+,26+,27-,28+,29-,30+,31-,32-,33+,34-,35-,36+,37+,38-,39-,40?,41-,42?,43+,45-,46+,47-,48-,49?/m0/s1. The molecule has 0 aromatic heterocycles. The fourth-order valence-corrected chi connectivity index (χ4v) is 13.7. The molecule has 0 aromatic rings. The molecule has 7 aliphatic rings. The lowest BCUT2D eigenvalue weighted by molar-refractivity contribution is -0.403. The SMILES string of the molecule is COC1[C@@H](C)[C@@](C)(O)O[C@H]([C@@H]2CC[C@H]([C@@H]3CC[C@H]([C@@]4(C)OC5(O[C@H](C[C@@H]6O[C@](O)([C@@H](C)C(=O)O)[C@@H](C)C(OC)[C@@]6(C)O[C@H]6CC[C@H](OC)[C@@H](C)O6)C[C@@H](OC)[C@H]5C)[C@H](C)[C@H]4OC)O3)O2)[C@H]1C. The van der Waals surface area contributed by atoms with Crippen LogP contribution < -0.4 is 0 Å². The van der Waals surface area contributed by atoms with Gasteiger partial charge in [0.2, 0.25) is 0 Å². The summed E-state index contributed by atoms with van der Waals surface area (Å²) in [5.41, 5.74) is -2.19. The van der Waals surface area contributed by atoms with E-state index in [0.717, 1.165) is 19.3 Å². The zero-order chi connectivity index (χ0) is 48.5. The highest BCUT2D eigenvalue weighted by molar-refractivity contribution is 5.70. The average Bonchev–Trinajstić information content (AvgIpc) is 4.01. The number of ether oxygens (including phenoxy) is 13. The number of aliphatic carboxylic acids is 1. The van der Waals surface area contributed by atoms with Gasteiger partial charge >= 0.3 is 5.97 Å². The number of methoxy groups -OCH3 is 5. The molecule has 0 amide bonds. The molecule has 25 atom stereocenters. The molecule has 3 N–H and O–H groups in total. The van der Waals surface area contributed by atoms with Crippen molar-refractivity contribution in [2.45, 2.75) is 235 Å². The molecule has 1 spiro atoms. The fraction of sp³-hybridized carbons (Fsp3) is 0.980. The summed E-state index contributed by atoms with van der Waals surface area (Å²) in [5.74, 6) is -8.75. The molecule has 17 nitrogen and oxygen atoms in total. The number of carboxylic acids is 1. The number of hydrogen-bond acceptors (Lipinski definition) is 16. The fourth-order valence-electron chi connectivity index (χ4n) is 13.7. The molecule has 0 saturated carbocycles. The van der Waals surface area contributed by atoms with E-state index in [-0.39, 0.29) is 85.0 Å². The first-order valence-electron chi connectivity index (χ1n) is 24.7. The van der Waals surface area contributed by atoms with Crippen LogP contribution in [-0.2, 0) is 66.4 Å². The lowest BCUT2D eigenvalue weighted by Gasteiger charge is -2.58. The Labute approximate surface area is 392 Å². The van der Waals surface area contributed by atoms with Gasteiger partial charge in [0.1, 0.15) is 17.1 Å². The molecule has 0 bridgehead atoms. The molecule has 7 fully saturated rings. The molecular weight excluding hydrogens is 861 g/mol. The predicted octanol–water partition coefficient (Wildman–Crippen LogP) is 5.22. The second-order valence-corrected chi connectivity index (χ2v) is 21.5. The van der Waals surface area contributed by atoms with Crippen LogP contribution in [0.5, 0.6) is 0 Å². The molecule has 3 unspecified atom stereocenters. The first-order valence-corrected chi connectivity index (χ1v) is 24.7. The Morgan fingerprint density at radius 1 is 0.682 bits per heavy atom. The molecule has 0 aliphatic carbocycles. The summed E-state index contributed by atoms with van der Waals surface area (Å²) >= 11 is 0.